The molecule has 0 spiro atoms. The molecule has 1 aromatic rings. The van der Waals surface area contributed by atoms with Crippen molar-refractivity contribution in [3.8, 4) is 0 Å². The summed E-state index contributed by atoms with van der Waals surface area (Å²) in [7, 11) is 0. The van der Waals surface area contributed by atoms with Crippen LogP contribution in [0.3, 0.4) is 0 Å². The average Bonchev–Trinajstić information content (AvgIpc) is 2.49. The van der Waals surface area contributed by atoms with Gasteiger partial charge in [0.25, 0.3) is 5.91 Å². The minimum absolute atomic E-state index is 0.0788. The van der Waals surface area contributed by atoms with Crippen LogP contribution in [0, 0.1) is 5.92 Å². The summed E-state index contributed by atoms with van der Waals surface area (Å²) >= 11 is 0. The number of aromatic nitrogens is 1. The number of amides is 1. The minimum atomic E-state index is -1.11. The molecule has 0 aliphatic carbocycles. The van der Waals surface area contributed by atoms with Crippen LogP contribution in [0.25, 0.3) is 0 Å². The molecule has 0 aromatic carbocycles. The Hall–Kier alpha value is -1.91. The van der Waals surface area contributed by atoms with Crippen LogP contribution in [0.1, 0.15) is 60.4 Å². The molecule has 5 nitrogen and oxygen atoms in total. The summed E-state index contributed by atoms with van der Waals surface area (Å²) in [6, 6.07) is 3.21. The molecule has 0 bridgehead atoms. The molecular weight excluding hydrogens is 268 g/mol. The molecule has 1 saturated heterocycles. The molecule has 1 fully saturated rings. The fraction of sp³-hybridized carbons (Fsp3) is 0.562. The highest BCUT2D eigenvalue weighted by Gasteiger charge is 2.31. The molecule has 2 atom stereocenters. The monoisotopic (exact) mass is 290 g/mol. The highest BCUT2D eigenvalue weighted by atomic mass is 16.4. The predicted molar refractivity (Wildman–Crippen MR) is 79.3 cm³/mol. The van der Waals surface area contributed by atoms with Crippen molar-refractivity contribution in [2.75, 3.05) is 6.54 Å². The Morgan fingerprint density at radius 2 is 2.24 bits per heavy atom. The van der Waals surface area contributed by atoms with E-state index >= 15 is 0 Å². The van der Waals surface area contributed by atoms with Gasteiger partial charge in [-0.15, -0.1) is 0 Å². The van der Waals surface area contributed by atoms with E-state index in [2.05, 4.69) is 18.8 Å². The van der Waals surface area contributed by atoms with Crippen LogP contribution in [0.5, 0.6) is 0 Å². The number of piperidine rings is 1. The number of aromatic carboxylic acids is 1. The van der Waals surface area contributed by atoms with Crippen molar-refractivity contribution < 1.29 is 14.7 Å². The number of pyridine rings is 1. The lowest BCUT2D eigenvalue weighted by atomic mass is 9.87. The zero-order valence-corrected chi connectivity index (χ0v) is 12.6. The van der Waals surface area contributed by atoms with Crippen molar-refractivity contribution in [1.29, 1.82) is 0 Å². The average molecular weight is 290 g/mol. The molecule has 1 amide bonds. The zero-order chi connectivity index (χ0) is 15.4. The highest BCUT2D eigenvalue weighted by Crippen LogP contribution is 2.28. The largest absolute Gasteiger partial charge is 0.477 e. The van der Waals surface area contributed by atoms with Crippen molar-refractivity contribution in [2.24, 2.45) is 5.92 Å². The van der Waals surface area contributed by atoms with Gasteiger partial charge in [-0.1, -0.05) is 20.3 Å². The van der Waals surface area contributed by atoms with Crippen LogP contribution in [0.2, 0.25) is 0 Å². The van der Waals surface area contributed by atoms with E-state index in [0.29, 0.717) is 11.5 Å². The van der Waals surface area contributed by atoms with E-state index in [1.165, 1.54) is 12.3 Å². The van der Waals surface area contributed by atoms with Crippen LogP contribution in [0.15, 0.2) is 18.3 Å². The van der Waals surface area contributed by atoms with Crippen LogP contribution >= 0.6 is 0 Å². The van der Waals surface area contributed by atoms with Crippen molar-refractivity contribution in [1.82, 2.24) is 9.88 Å². The third kappa shape index (κ3) is 3.40. The number of rotatable bonds is 4. The number of carboxylic acid groups (broad SMARTS) is 1. The first kappa shape index (κ1) is 15.5. The van der Waals surface area contributed by atoms with Gasteiger partial charge < -0.3 is 10.0 Å². The molecule has 0 radical (unpaired) electrons. The standard InChI is InChI=1S/C16H22N2O3/c1-3-5-14-11(2)6-4-9-18(14)15(19)12-7-8-17-13(10-12)16(20)21/h7-8,10-11,14H,3-6,9H2,1-2H3,(H,20,21). The molecule has 1 aliphatic rings. The molecule has 5 heteroatoms. The molecule has 0 saturated carbocycles. The van der Waals surface area contributed by atoms with Gasteiger partial charge in [0.2, 0.25) is 0 Å². The molecule has 1 N–H and O–H groups in total. The summed E-state index contributed by atoms with van der Waals surface area (Å²) in [4.78, 5) is 29.4. The van der Waals surface area contributed by atoms with Gasteiger partial charge in [-0.25, -0.2) is 9.78 Å². The molecular formula is C16H22N2O3. The van der Waals surface area contributed by atoms with Gasteiger partial charge in [-0.3, -0.25) is 4.79 Å². The maximum Gasteiger partial charge on any atom is 0.354 e. The number of hydrogen-bond acceptors (Lipinski definition) is 3. The van der Waals surface area contributed by atoms with Crippen LogP contribution in [0.4, 0.5) is 0 Å². The van der Waals surface area contributed by atoms with E-state index in [9.17, 15) is 9.59 Å². The number of hydrogen-bond donors (Lipinski definition) is 1. The zero-order valence-electron chi connectivity index (χ0n) is 12.6. The molecule has 2 heterocycles. The van der Waals surface area contributed by atoms with Crippen molar-refractivity contribution in [3.63, 3.8) is 0 Å². The first-order valence-corrected chi connectivity index (χ1v) is 7.55. The summed E-state index contributed by atoms with van der Waals surface area (Å²) in [5.74, 6) is -0.699. The quantitative estimate of drug-likeness (QED) is 0.925. The van der Waals surface area contributed by atoms with Gasteiger partial charge in [-0.2, -0.15) is 0 Å². The summed E-state index contributed by atoms with van der Waals surface area (Å²) in [5.41, 5.74) is 0.329. The van der Waals surface area contributed by atoms with Crippen molar-refractivity contribution >= 4 is 11.9 Å². The van der Waals surface area contributed by atoms with Crippen LogP contribution in [-0.2, 0) is 0 Å². The number of carbonyl (C=O) groups excluding carboxylic acids is 1. The van der Waals surface area contributed by atoms with E-state index in [4.69, 9.17) is 5.11 Å². The van der Waals surface area contributed by atoms with E-state index in [0.717, 1.165) is 32.2 Å². The van der Waals surface area contributed by atoms with Crippen molar-refractivity contribution in [3.05, 3.63) is 29.6 Å². The Labute approximate surface area is 125 Å². The summed E-state index contributed by atoms with van der Waals surface area (Å²) in [6.07, 6.45) is 5.56. The lowest BCUT2D eigenvalue weighted by Crippen LogP contribution is -2.47. The Morgan fingerprint density at radius 3 is 2.90 bits per heavy atom. The van der Waals surface area contributed by atoms with Gasteiger partial charge in [0.1, 0.15) is 5.69 Å². The van der Waals surface area contributed by atoms with Crippen molar-refractivity contribution in [2.45, 2.75) is 45.6 Å². The number of nitrogens with zero attached hydrogens (tertiary/aromatic N) is 2. The smallest absolute Gasteiger partial charge is 0.354 e. The summed E-state index contributed by atoms with van der Waals surface area (Å²) < 4.78 is 0. The number of likely N-dealkylation sites (tertiary alicyclic amines) is 1. The second kappa shape index (κ2) is 6.70. The Balaban J connectivity index is 2.24. The second-order valence-electron chi connectivity index (χ2n) is 5.71. The lowest BCUT2D eigenvalue weighted by Gasteiger charge is -2.40. The van der Waals surface area contributed by atoms with E-state index < -0.39 is 5.97 Å². The third-order valence-corrected chi connectivity index (χ3v) is 4.19. The Kier molecular flexibility index (Phi) is 4.94. The van der Waals surface area contributed by atoms with Gasteiger partial charge in [0.05, 0.1) is 0 Å². The molecule has 1 aromatic heterocycles. The molecule has 2 rings (SSSR count). The van der Waals surface area contributed by atoms with Gasteiger partial charge >= 0.3 is 5.97 Å². The molecule has 114 valence electrons. The lowest BCUT2D eigenvalue weighted by molar-refractivity contribution is 0.0497. The molecule has 1 aliphatic heterocycles. The van der Waals surface area contributed by atoms with Crippen LogP contribution < -0.4 is 0 Å². The van der Waals surface area contributed by atoms with E-state index in [1.807, 2.05) is 4.90 Å². The van der Waals surface area contributed by atoms with Crippen LogP contribution in [-0.4, -0.2) is 39.5 Å². The predicted octanol–water partition coefficient (Wildman–Crippen LogP) is 2.82. The first-order chi connectivity index (χ1) is 10.0. The highest BCUT2D eigenvalue weighted by molar-refractivity contribution is 5.96. The minimum Gasteiger partial charge on any atom is -0.477 e. The number of carboxylic acids is 1. The maximum atomic E-state index is 12.7. The van der Waals surface area contributed by atoms with Gasteiger partial charge in [0, 0.05) is 24.3 Å². The molecule has 21 heavy (non-hydrogen) atoms. The number of carbonyl (C=O) groups is 2. The van der Waals surface area contributed by atoms with E-state index in [1.54, 1.807) is 6.07 Å². The Bertz CT molecular complexity index is 530. The Morgan fingerprint density at radius 1 is 1.48 bits per heavy atom. The maximum absolute atomic E-state index is 12.7. The third-order valence-electron chi connectivity index (χ3n) is 4.19. The second-order valence-corrected chi connectivity index (χ2v) is 5.71. The summed E-state index contributed by atoms with van der Waals surface area (Å²) in [5, 5.41) is 8.99. The first-order valence-electron chi connectivity index (χ1n) is 7.55. The fourth-order valence-corrected chi connectivity index (χ4v) is 3.08. The molecule has 2 unspecified atom stereocenters. The fourth-order valence-electron chi connectivity index (χ4n) is 3.08. The van der Waals surface area contributed by atoms with Gasteiger partial charge in [0.15, 0.2) is 0 Å². The van der Waals surface area contributed by atoms with E-state index in [-0.39, 0.29) is 17.6 Å². The SMILES string of the molecule is CCCC1C(C)CCCN1C(=O)c1ccnc(C(=O)O)c1. The van der Waals surface area contributed by atoms with Gasteiger partial charge in [-0.05, 0) is 37.3 Å². The normalized spacial score (nSPS) is 22.1. The topological polar surface area (TPSA) is 70.5 Å². The summed E-state index contributed by atoms with van der Waals surface area (Å²) in [6.45, 7) is 5.06.